The van der Waals surface area contributed by atoms with Crippen molar-refractivity contribution in [2.75, 3.05) is 44.8 Å². The molecule has 0 saturated heterocycles. The Kier molecular flexibility index (Phi) is 7.42. The number of hydrogen-bond acceptors (Lipinski definition) is 4. The van der Waals surface area contributed by atoms with Crippen LogP contribution in [0, 0.1) is 12.7 Å². The second-order valence-corrected chi connectivity index (χ2v) is 15.7. The van der Waals surface area contributed by atoms with Crippen LogP contribution >= 0.6 is 26.0 Å². The molecule has 0 amide bonds. The van der Waals surface area contributed by atoms with E-state index in [0.717, 1.165) is 55.2 Å². The van der Waals surface area contributed by atoms with Gasteiger partial charge in [-0.15, -0.1) is 0 Å². The van der Waals surface area contributed by atoms with Crippen molar-refractivity contribution in [3.05, 3.63) is 69.8 Å². The molecule has 2 aromatic heterocycles. The Hall–Kier alpha value is -2.33. The number of aryl methyl sites for hydroxylation is 1. The van der Waals surface area contributed by atoms with Crippen LogP contribution in [0.15, 0.2) is 47.1 Å². The minimum Gasteiger partial charge on any atom is -0.495 e. The topological polar surface area (TPSA) is 50.4 Å². The molecule has 0 fully saturated rings. The van der Waals surface area contributed by atoms with Crippen molar-refractivity contribution in [2.45, 2.75) is 26.3 Å². The van der Waals surface area contributed by atoms with E-state index in [0.29, 0.717) is 26.5 Å². The van der Waals surface area contributed by atoms with Gasteiger partial charge in [-0.2, -0.15) is 0 Å². The summed E-state index contributed by atoms with van der Waals surface area (Å²) in [6.07, 6.45) is 8.62. The molecule has 0 N–H and O–H groups in total. The van der Waals surface area contributed by atoms with Gasteiger partial charge in [0.25, 0.3) is 0 Å². The van der Waals surface area contributed by atoms with Crippen LogP contribution in [0.1, 0.15) is 23.1 Å². The molecule has 37 heavy (non-hydrogen) atoms. The number of methoxy groups -OCH3 is 1. The summed E-state index contributed by atoms with van der Waals surface area (Å²) in [5, 5.41) is 0.991. The van der Waals surface area contributed by atoms with Gasteiger partial charge >= 0.3 is 0 Å². The van der Waals surface area contributed by atoms with E-state index in [1.165, 1.54) is 6.07 Å². The Morgan fingerprint density at radius 2 is 2.00 bits per heavy atom. The first-order valence-corrected chi connectivity index (χ1v) is 16.0. The summed E-state index contributed by atoms with van der Waals surface area (Å²) in [5.41, 5.74) is 4.58. The van der Waals surface area contributed by atoms with Crippen molar-refractivity contribution in [3.63, 3.8) is 0 Å². The van der Waals surface area contributed by atoms with Crippen LogP contribution in [-0.4, -0.2) is 59.0 Å². The highest BCUT2D eigenvalue weighted by atomic mass is 79.9. The number of fused-ring (bicyclic) bond motifs is 2. The van der Waals surface area contributed by atoms with Crippen molar-refractivity contribution in [3.8, 4) is 17.1 Å². The number of halogens is 2. The van der Waals surface area contributed by atoms with Crippen LogP contribution in [-0.2, 0) is 22.7 Å². The number of ether oxygens (including phenoxy) is 3. The van der Waals surface area contributed by atoms with Gasteiger partial charge in [-0.3, -0.25) is 0 Å². The van der Waals surface area contributed by atoms with Gasteiger partial charge in [0.2, 0.25) is 0 Å². The molecule has 2 aromatic carbocycles. The molecule has 1 unspecified atom stereocenters. The van der Waals surface area contributed by atoms with Crippen molar-refractivity contribution in [1.82, 2.24) is 14.1 Å². The zero-order valence-corrected chi connectivity index (χ0v) is 24.3. The van der Waals surface area contributed by atoms with Crippen molar-refractivity contribution in [1.29, 1.82) is 0 Å². The fourth-order valence-corrected chi connectivity index (χ4v) is 5.88. The van der Waals surface area contributed by atoms with E-state index in [1.807, 2.05) is 13.0 Å². The van der Waals surface area contributed by atoms with Crippen LogP contribution in [0.4, 0.5) is 4.39 Å². The molecule has 5 rings (SSSR count). The Labute approximate surface area is 227 Å². The minimum atomic E-state index is -0.641. The molecule has 0 aliphatic carbocycles. The first-order valence-electron chi connectivity index (χ1n) is 12.2. The normalized spacial score (nSPS) is 16.2. The predicted octanol–water partition coefficient (Wildman–Crippen LogP) is 6.51. The maximum absolute atomic E-state index is 13.8. The minimum absolute atomic E-state index is 0.251. The monoisotopic (exact) mass is 589 g/mol. The predicted molar refractivity (Wildman–Crippen MR) is 153 cm³/mol. The molecule has 1 aliphatic rings. The highest BCUT2D eigenvalue weighted by Gasteiger charge is 2.28. The summed E-state index contributed by atoms with van der Waals surface area (Å²) in [7, 11) is 1.04. The lowest BCUT2D eigenvalue weighted by Gasteiger charge is -2.25. The summed E-state index contributed by atoms with van der Waals surface area (Å²) in [6.45, 7) is 4.29. The Bertz CT molecular complexity index is 1440. The van der Waals surface area contributed by atoms with Gasteiger partial charge in [0.05, 0.1) is 36.0 Å². The van der Waals surface area contributed by atoms with Crippen LogP contribution in [0.2, 0.25) is 0 Å². The van der Waals surface area contributed by atoms with Gasteiger partial charge in [0, 0.05) is 23.9 Å². The average molecular weight is 591 g/mol. The molecule has 9 heteroatoms. The van der Waals surface area contributed by atoms with Crippen LogP contribution in [0.5, 0.6) is 5.75 Å². The summed E-state index contributed by atoms with van der Waals surface area (Å²) >= 11 is 3.62. The lowest BCUT2D eigenvalue weighted by atomic mass is 10.0. The molecule has 4 aromatic rings. The maximum atomic E-state index is 13.8. The zero-order valence-electron chi connectivity index (χ0n) is 21.9. The maximum Gasteiger partial charge on any atom is 0.143 e. The van der Waals surface area contributed by atoms with Gasteiger partial charge in [0.1, 0.15) is 35.9 Å². The first-order chi connectivity index (χ1) is 17.7. The van der Waals surface area contributed by atoms with E-state index in [2.05, 4.69) is 62.2 Å². The number of aromatic nitrogens is 3. The van der Waals surface area contributed by atoms with E-state index in [-0.39, 0.29) is 11.9 Å². The third-order valence-electron chi connectivity index (χ3n) is 6.69. The van der Waals surface area contributed by atoms with Crippen molar-refractivity contribution in [2.24, 2.45) is 0 Å². The lowest BCUT2D eigenvalue weighted by molar-refractivity contribution is 0.0426. The molecule has 1 atom stereocenters. The zero-order chi connectivity index (χ0) is 26.3. The van der Waals surface area contributed by atoms with E-state index >= 15 is 0 Å². The summed E-state index contributed by atoms with van der Waals surface area (Å²) in [5.74, 6) is 2.39. The van der Waals surface area contributed by atoms with Crippen LogP contribution in [0.3, 0.4) is 0 Å². The largest absolute Gasteiger partial charge is 0.495 e. The Morgan fingerprint density at radius 1 is 1.19 bits per heavy atom. The van der Waals surface area contributed by atoms with E-state index < -0.39 is 10.0 Å². The second-order valence-electron chi connectivity index (χ2n) is 10.2. The molecule has 0 bridgehead atoms. The third kappa shape index (κ3) is 5.32. The molecular weight excluding hydrogens is 557 g/mol. The third-order valence-corrected chi connectivity index (χ3v) is 8.70. The number of hydrogen-bond donors (Lipinski definition) is 0. The fourth-order valence-electron chi connectivity index (χ4n) is 4.75. The van der Waals surface area contributed by atoms with Crippen molar-refractivity contribution < 1.29 is 18.6 Å². The van der Waals surface area contributed by atoms with Gasteiger partial charge in [-0.1, -0.05) is 6.07 Å². The standard InChI is InChI=1S/C28H33BrFN3O3S/c1-18-14-19(30)6-7-20(18)27-28-31-23(16-32(28)10-11-36-27)25-15-21-24(9-8-22(29)26(21)34-2)33(25)17-35-12-13-37(3,4)5/h6-9,14-16,27H,10-13,17H2,1-5H3. The Balaban J connectivity index is 1.57. The van der Waals surface area contributed by atoms with Crippen molar-refractivity contribution >= 4 is 36.9 Å². The molecule has 0 saturated carbocycles. The van der Waals surface area contributed by atoms with Gasteiger partial charge in [0.15, 0.2) is 0 Å². The molecule has 6 nitrogen and oxygen atoms in total. The SMILES string of the molecule is COc1c(Br)ccc2c1cc(-c1cn3c(n1)C(c1ccc(F)cc1C)OCC3)n2COCCS(C)(C)C. The van der Waals surface area contributed by atoms with Gasteiger partial charge < -0.3 is 23.3 Å². The highest BCUT2D eigenvalue weighted by molar-refractivity contribution is 9.10. The molecule has 0 spiro atoms. The smallest absolute Gasteiger partial charge is 0.143 e. The quantitative estimate of drug-likeness (QED) is 0.220. The van der Waals surface area contributed by atoms with E-state index in [4.69, 9.17) is 19.2 Å². The van der Waals surface area contributed by atoms with Gasteiger partial charge in [-0.25, -0.2) is 19.4 Å². The van der Waals surface area contributed by atoms with E-state index in [1.54, 1.807) is 19.2 Å². The van der Waals surface area contributed by atoms with Crippen LogP contribution < -0.4 is 4.74 Å². The molecule has 198 valence electrons. The average Bonchev–Trinajstić information content (AvgIpc) is 3.43. The molecule has 3 heterocycles. The summed E-state index contributed by atoms with van der Waals surface area (Å²) in [4.78, 5) is 5.06. The molecular formula is C28H33BrFN3O3S. The highest BCUT2D eigenvalue weighted by Crippen LogP contribution is 2.40. The van der Waals surface area contributed by atoms with Crippen LogP contribution in [0.25, 0.3) is 22.3 Å². The molecule has 0 radical (unpaired) electrons. The molecule has 1 aliphatic heterocycles. The Morgan fingerprint density at radius 3 is 2.73 bits per heavy atom. The second kappa shape index (κ2) is 10.4. The number of rotatable bonds is 8. The van der Waals surface area contributed by atoms with Gasteiger partial charge in [-0.05, 0) is 83.1 Å². The number of benzene rings is 2. The number of imidazole rings is 1. The van der Waals surface area contributed by atoms with E-state index in [9.17, 15) is 4.39 Å². The number of nitrogens with zero attached hydrogens (tertiary/aromatic N) is 3. The lowest BCUT2D eigenvalue weighted by Crippen LogP contribution is -2.23. The first kappa shape index (κ1) is 26.3. The summed E-state index contributed by atoms with van der Waals surface area (Å²) < 4.78 is 37.1. The fraction of sp³-hybridized carbons (Fsp3) is 0.393. The summed E-state index contributed by atoms with van der Waals surface area (Å²) in [6, 6.07) is 11.0.